The molecule has 3 aliphatic rings. The van der Waals surface area contributed by atoms with Crippen molar-refractivity contribution in [1.29, 1.82) is 0 Å². The van der Waals surface area contributed by atoms with Crippen molar-refractivity contribution in [2.24, 2.45) is 23.7 Å². The molecule has 0 bridgehead atoms. The fraction of sp³-hybridized carbons (Fsp3) is 0.692. The minimum atomic E-state index is -0.471. The highest BCUT2D eigenvalue weighted by atomic mass is 16.6. The molecule has 0 spiro atoms. The Morgan fingerprint density at radius 1 is 0.889 bits per heavy atom. The van der Waals surface area contributed by atoms with Gasteiger partial charge in [0.2, 0.25) is 0 Å². The molecule has 0 aromatic rings. The monoisotopic (exact) mass is 250 g/mol. The summed E-state index contributed by atoms with van der Waals surface area (Å²) in [5.41, 5.74) is 0. The zero-order chi connectivity index (χ0) is 12.9. The summed E-state index contributed by atoms with van der Waals surface area (Å²) < 4.78 is 4.56. The highest BCUT2D eigenvalue weighted by molar-refractivity contribution is 6.08. The Labute approximate surface area is 104 Å². The average molecular weight is 250 g/mol. The van der Waals surface area contributed by atoms with Gasteiger partial charge in [-0.15, -0.1) is 0 Å². The maximum atomic E-state index is 11.7. The number of Topliss-reactive ketones (excluding diaryl/α,β-unsaturated/α-hetero) is 2. The number of ketones is 2. The number of esters is 2. The number of ether oxygens (including phenoxy) is 1. The number of fused-ring (bicyclic) bond motifs is 1. The SMILES string of the molecule is O=C1CC(C2CCC3C(=O)CC(=O)C3C2)C(=O)O1. The number of carbonyl (C=O) groups excluding carboxylic acids is 4. The van der Waals surface area contributed by atoms with Gasteiger partial charge in [-0.3, -0.25) is 19.2 Å². The van der Waals surface area contributed by atoms with Crippen molar-refractivity contribution in [3.8, 4) is 0 Å². The summed E-state index contributed by atoms with van der Waals surface area (Å²) in [5.74, 6) is -1.62. The van der Waals surface area contributed by atoms with Gasteiger partial charge >= 0.3 is 11.9 Å². The van der Waals surface area contributed by atoms with Crippen LogP contribution in [0, 0.1) is 23.7 Å². The van der Waals surface area contributed by atoms with Crippen LogP contribution in [0.3, 0.4) is 0 Å². The van der Waals surface area contributed by atoms with Gasteiger partial charge < -0.3 is 4.74 Å². The lowest BCUT2D eigenvalue weighted by Gasteiger charge is -2.31. The molecule has 0 aromatic carbocycles. The van der Waals surface area contributed by atoms with Crippen LogP contribution in [0.25, 0.3) is 0 Å². The van der Waals surface area contributed by atoms with Crippen LogP contribution >= 0.6 is 0 Å². The molecule has 5 heteroatoms. The van der Waals surface area contributed by atoms with E-state index < -0.39 is 17.9 Å². The zero-order valence-electron chi connectivity index (χ0n) is 9.89. The molecule has 0 radical (unpaired) electrons. The van der Waals surface area contributed by atoms with Gasteiger partial charge in [0.25, 0.3) is 0 Å². The lowest BCUT2D eigenvalue weighted by atomic mass is 9.70. The van der Waals surface area contributed by atoms with Crippen molar-refractivity contribution >= 4 is 23.5 Å². The third kappa shape index (κ3) is 1.69. The Hall–Kier alpha value is -1.52. The average Bonchev–Trinajstić information content (AvgIpc) is 2.80. The number of carbonyl (C=O) groups is 4. The van der Waals surface area contributed by atoms with Gasteiger partial charge in [-0.2, -0.15) is 0 Å². The second-order valence-corrected chi connectivity index (χ2v) is 5.50. The Kier molecular flexibility index (Phi) is 2.57. The minimum Gasteiger partial charge on any atom is -0.393 e. The molecule has 96 valence electrons. The number of cyclic esters (lactones) is 2. The summed E-state index contributed by atoms with van der Waals surface area (Å²) in [5, 5.41) is 0. The second kappa shape index (κ2) is 4.00. The fourth-order valence-corrected chi connectivity index (χ4v) is 3.60. The van der Waals surface area contributed by atoms with E-state index in [4.69, 9.17) is 0 Å². The van der Waals surface area contributed by atoms with Gasteiger partial charge in [0.15, 0.2) is 0 Å². The molecule has 3 rings (SSSR count). The predicted molar refractivity (Wildman–Crippen MR) is 58.2 cm³/mol. The standard InChI is InChI=1S/C13H14O5/c14-10-5-11(15)9-3-6(1-2-7(9)10)8-4-12(16)18-13(8)17/h6-9H,1-5H2. The van der Waals surface area contributed by atoms with E-state index in [9.17, 15) is 19.2 Å². The van der Waals surface area contributed by atoms with Crippen LogP contribution in [0.15, 0.2) is 0 Å². The minimum absolute atomic E-state index is 0.00684. The summed E-state index contributed by atoms with van der Waals surface area (Å²) in [6.07, 6.45) is 2.13. The third-order valence-electron chi connectivity index (χ3n) is 4.54. The van der Waals surface area contributed by atoms with Gasteiger partial charge in [-0.25, -0.2) is 0 Å². The molecule has 1 heterocycles. The van der Waals surface area contributed by atoms with E-state index in [2.05, 4.69) is 4.74 Å². The van der Waals surface area contributed by atoms with E-state index >= 15 is 0 Å². The highest BCUT2D eigenvalue weighted by Crippen LogP contribution is 2.44. The molecule has 2 saturated carbocycles. The maximum Gasteiger partial charge on any atom is 0.317 e. The second-order valence-electron chi connectivity index (χ2n) is 5.50. The maximum absolute atomic E-state index is 11.7. The third-order valence-corrected chi connectivity index (χ3v) is 4.54. The Morgan fingerprint density at radius 3 is 2.28 bits per heavy atom. The van der Waals surface area contributed by atoms with Crippen LogP contribution in [0.5, 0.6) is 0 Å². The highest BCUT2D eigenvalue weighted by Gasteiger charge is 2.49. The number of hydrogen-bond acceptors (Lipinski definition) is 5. The zero-order valence-corrected chi connectivity index (χ0v) is 9.89. The van der Waals surface area contributed by atoms with E-state index in [1.807, 2.05) is 0 Å². The topological polar surface area (TPSA) is 77.5 Å². The molecule has 0 aromatic heterocycles. The Bertz CT molecular complexity index is 446. The lowest BCUT2D eigenvalue weighted by Crippen LogP contribution is -2.32. The summed E-state index contributed by atoms with van der Waals surface area (Å²) >= 11 is 0. The number of hydrogen-bond donors (Lipinski definition) is 0. The first kappa shape index (κ1) is 11.6. The van der Waals surface area contributed by atoms with Crippen LogP contribution in [-0.2, 0) is 23.9 Å². The normalized spacial score (nSPS) is 40.0. The summed E-state index contributed by atoms with van der Waals surface area (Å²) in [7, 11) is 0. The predicted octanol–water partition coefficient (Wildman–Crippen LogP) is 0.651. The van der Waals surface area contributed by atoms with E-state index in [1.54, 1.807) is 0 Å². The fourth-order valence-electron chi connectivity index (χ4n) is 3.60. The van der Waals surface area contributed by atoms with Gasteiger partial charge in [0.1, 0.15) is 11.6 Å². The van der Waals surface area contributed by atoms with Crippen LogP contribution in [0.2, 0.25) is 0 Å². The molecule has 1 saturated heterocycles. The molecular weight excluding hydrogens is 236 g/mol. The molecule has 3 fully saturated rings. The first-order valence-corrected chi connectivity index (χ1v) is 6.36. The van der Waals surface area contributed by atoms with Crippen molar-refractivity contribution in [3.05, 3.63) is 0 Å². The van der Waals surface area contributed by atoms with Crippen molar-refractivity contribution in [2.75, 3.05) is 0 Å². The molecular formula is C13H14O5. The molecule has 4 unspecified atom stereocenters. The van der Waals surface area contributed by atoms with Crippen molar-refractivity contribution in [3.63, 3.8) is 0 Å². The summed E-state index contributed by atoms with van der Waals surface area (Å²) in [4.78, 5) is 45.9. The number of rotatable bonds is 1. The first-order chi connectivity index (χ1) is 8.56. The van der Waals surface area contributed by atoms with Crippen molar-refractivity contribution in [2.45, 2.75) is 32.1 Å². The Morgan fingerprint density at radius 2 is 1.61 bits per heavy atom. The van der Waals surface area contributed by atoms with Crippen molar-refractivity contribution < 1.29 is 23.9 Å². The van der Waals surface area contributed by atoms with Crippen LogP contribution < -0.4 is 0 Å². The molecule has 1 aliphatic heterocycles. The van der Waals surface area contributed by atoms with Crippen LogP contribution in [0.4, 0.5) is 0 Å². The first-order valence-electron chi connectivity index (χ1n) is 6.36. The largest absolute Gasteiger partial charge is 0.393 e. The van der Waals surface area contributed by atoms with Crippen LogP contribution in [0.1, 0.15) is 32.1 Å². The molecule has 4 atom stereocenters. The summed E-state index contributed by atoms with van der Waals surface area (Å²) in [6.45, 7) is 0. The molecule has 2 aliphatic carbocycles. The van der Waals surface area contributed by atoms with Gasteiger partial charge in [0, 0.05) is 11.8 Å². The Balaban J connectivity index is 1.74. The van der Waals surface area contributed by atoms with E-state index in [-0.39, 0.29) is 42.2 Å². The van der Waals surface area contributed by atoms with Gasteiger partial charge in [-0.05, 0) is 25.2 Å². The smallest absolute Gasteiger partial charge is 0.317 e. The molecule has 0 N–H and O–H groups in total. The van der Waals surface area contributed by atoms with Gasteiger partial charge in [-0.1, -0.05) is 0 Å². The van der Waals surface area contributed by atoms with E-state index in [1.165, 1.54) is 0 Å². The van der Waals surface area contributed by atoms with Gasteiger partial charge in [0.05, 0.1) is 18.8 Å². The molecule has 18 heavy (non-hydrogen) atoms. The molecule has 0 amide bonds. The van der Waals surface area contributed by atoms with Crippen LogP contribution in [-0.4, -0.2) is 23.5 Å². The molecule has 5 nitrogen and oxygen atoms in total. The summed E-state index contributed by atoms with van der Waals surface area (Å²) in [6, 6.07) is 0. The quantitative estimate of drug-likeness (QED) is 0.504. The lowest BCUT2D eigenvalue weighted by molar-refractivity contribution is -0.154. The van der Waals surface area contributed by atoms with E-state index in [0.29, 0.717) is 12.8 Å². The van der Waals surface area contributed by atoms with E-state index in [0.717, 1.165) is 6.42 Å². The van der Waals surface area contributed by atoms with Crippen molar-refractivity contribution in [1.82, 2.24) is 0 Å².